The molecule has 1 heterocycles. The lowest BCUT2D eigenvalue weighted by Crippen LogP contribution is -1.89. The van der Waals surface area contributed by atoms with Crippen molar-refractivity contribution in [2.24, 2.45) is 0 Å². The molecule has 0 unspecified atom stereocenters. The fraction of sp³-hybridized carbons (Fsp3) is 0. The summed E-state index contributed by atoms with van der Waals surface area (Å²) in [7, 11) is 0. The highest BCUT2D eigenvalue weighted by Crippen LogP contribution is 2.30. The molecule has 0 atom stereocenters. The summed E-state index contributed by atoms with van der Waals surface area (Å²) in [6, 6.07) is 34.5. The lowest BCUT2D eigenvalue weighted by Gasteiger charge is -2.07. The van der Waals surface area contributed by atoms with Gasteiger partial charge in [-0.25, -0.2) is 9.97 Å². The molecule has 0 aliphatic carbocycles. The van der Waals surface area contributed by atoms with Crippen LogP contribution in [0.3, 0.4) is 0 Å². The SMILES string of the molecule is c1ccc2cc3cc4nc5cc6cc7ccccc7cc6cc5nc4cc3cc2c1. The Labute approximate surface area is 172 Å². The minimum absolute atomic E-state index is 0.936. The van der Waals surface area contributed by atoms with E-state index < -0.39 is 0 Å². The standard InChI is InChI=1S/C28H16N2/c1-2-6-18-10-22-14-26-25(13-21(22)9-17(18)5-1)29-27-15-23-11-19-7-3-4-8-20(19)12-24(23)16-28(27)30-26/h1-16H. The van der Waals surface area contributed by atoms with E-state index in [-0.39, 0.29) is 0 Å². The number of fused-ring (bicyclic) bond motifs is 6. The van der Waals surface area contributed by atoms with Gasteiger partial charge in [0.15, 0.2) is 0 Å². The quantitative estimate of drug-likeness (QED) is 0.256. The Kier molecular flexibility index (Phi) is 3.03. The summed E-state index contributed by atoms with van der Waals surface area (Å²) >= 11 is 0. The smallest absolute Gasteiger partial charge is 0.0901 e. The Morgan fingerprint density at radius 2 is 0.567 bits per heavy atom. The van der Waals surface area contributed by atoms with Crippen LogP contribution in [0.5, 0.6) is 0 Å². The van der Waals surface area contributed by atoms with Crippen molar-refractivity contribution < 1.29 is 0 Å². The molecule has 30 heavy (non-hydrogen) atoms. The van der Waals surface area contributed by atoms with E-state index in [9.17, 15) is 0 Å². The molecule has 0 saturated carbocycles. The summed E-state index contributed by atoms with van der Waals surface area (Å²) < 4.78 is 0. The van der Waals surface area contributed by atoms with Gasteiger partial charge in [-0.2, -0.15) is 0 Å². The van der Waals surface area contributed by atoms with Crippen molar-refractivity contribution in [2.45, 2.75) is 0 Å². The fourth-order valence-corrected chi connectivity index (χ4v) is 4.55. The molecule has 0 aliphatic rings. The van der Waals surface area contributed by atoms with Crippen LogP contribution in [0, 0.1) is 0 Å². The Balaban J connectivity index is 1.54. The molecule has 1 aromatic heterocycles. The molecule has 0 bridgehead atoms. The average molecular weight is 380 g/mol. The number of aromatic nitrogens is 2. The predicted molar refractivity (Wildman–Crippen MR) is 127 cm³/mol. The number of rotatable bonds is 0. The molecule has 0 N–H and O–H groups in total. The maximum Gasteiger partial charge on any atom is 0.0901 e. The molecule has 138 valence electrons. The summed E-state index contributed by atoms with van der Waals surface area (Å²) in [5.41, 5.74) is 3.74. The molecule has 0 amide bonds. The van der Waals surface area contributed by atoms with Crippen molar-refractivity contribution in [3.05, 3.63) is 97.1 Å². The highest BCUT2D eigenvalue weighted by Gasteiger charge is 2.07. The van der Waals surface area contributed by atoms with E-state index in [2.05, 4.69) is 97.1 Å². The van der Waals surface area contributed by atoms with Crippen LogP contribution in [0.4, 0.5) is 0 Å². The van der Waals surface area contributed by atoms with Crippen LogP contribution in [-0.4, -0.2) is 9.97 Å². The van der Waals surface area contributed by atoms with Gasteiger partial charge in [-0.15, -0.1) is 0 Å². The predicted octanol–water partition coefficient (Wildman–Crippen LogP) is 7.40. The average Bonchev–Trinajstić information content (AvgIpc) is 2.77. The zero-order chi connectivity index (χ0) is 19.7. The summed E-state index contributed by atoms with van der Waals surface area (Å²) in [5.74, 6) is 0. The second kappa shape index (κ2) is 5.74. The topological polar surface area (TPSA) is 25.8 Å². The van der Waals surface area contributed by atoms with Gasteiger partial charge in [0.05, 0.1) is 22.1 Å². The Morgan fingerprint density at radius 3 is 0.833 bits per heavy atom. The Morgan fingerprint density at radius 1 is 0.300 bits per heavy atom. The molecule has 0 radical (unpaired) electrons. The van der Waals surface area contributed by atoms with E-state index in [1.165, 1.54) is 43.1 Å². The highest BCUT2D eigenvalue weighted by atomic mass is 14.8. The zero-order valence-corrected chi connectivity index (χ0v) is 16.1. The number of hydrogen-bond donors (Lipinski definition) is 0. The molecule has 2 nitrogen and oxygen atoms in total. The van der Waals surface area contributed by atoms with Crippen molar-refractivity contribution in [1.82, 2.24) is 9.97 Å². The van der Waals surface area contributed by atoms with E-state index in [0.717, 1.165) is 22.1 Å². The monoisotopic (exact) mass is 380 g/mol. The molecule has 7 rings (SSSR count). The van der Waals surface area contributed by atoms with Gasteiger partial charge in [-0.05, 0) is 91.6 Å². The maximum absolute atomic E-state index is 4.98. The van der Waals surface area contributed by atoms with Gasteiger partial charge in [0, 0.05) is 0 Å². The molecule has 2 heteroatoms. The third-order valence-electron chi connectivity index (χ3n) is 6.08. The van der Waals surface area contributed by atoms with Gasteiger partial charge in [-0.1, -0.05) is 48.5 Å². The molecule has 0 saturated heterocycles. The number of hydrogen-bond acceptors (Lipinski definition) is 2. The molecular formula is C28H16N2. The summed E-state index contributed by atoms with van der Waals surface area (Å²) in [6.07, 6.45) is 0. The Bertz CT molecular complexity index is 1540. The van der Waals surface area contributed by atoms with Crippen molar-refractivity contribution in [1.29, 1.82) is 0 Å². The second-order valence-electron chi connectivity index (χ2n) is 8.00. The van der Waals surface area contributed by atoms with Crippen molar-refractivity contribution in [2.75, 3.05) is 0 Å². The van der Waals surface area contributed by atoms with Crippen LogP contribution < -0.4 is 0 Å². The maximum atomic E-state index is 4.98. The fourth-order valence-electron chi connectivity index (χ4n) is 4.55. The van der Waals surface area contributed by atoms with E-state index in [4.69, 9.17) is 9.97 Å². The van der Waals surface area contributed by atoms with Gasteiger partial charge in [-0.3, -0.25) is 0 Å². The third-order valence-corrected chi connectivity index (χ3v) is 6.08. The van der Waals surface area contributed by atoms with Crippen molar-refractivity contribution >= 4 is 65.2 Å². The van der Waals surface area contributed by atoms with Crippen LogP contribution >= 0.6 is 0 Å². The molecule has 0 fully saturated rings. The highest BCUT2D eigenvalue weighted by molar-refractivity contribution is 6.07. The lowest BCUT2D eigenvalue weighted by atomic mass is 10.0. The van der Waals surface area contributed by atoms with E-state index in [1.807, 2.05) is 0 Å². The summed E-state index contributed by atoms with van der Waals surface area (Å²) in [5, 5.41) is 9.77. The van der Waals surface area contributed by atoms with Gasteiger partial charge in [0.2, 0.25) is 0 Å². The third kappa shape index (κ3) is 2.31. The van der Waals surface area contributed by atoms with E-state index in [0.29, 0.717) is 0 Å². The van der Waals surface area contributed by atoms with Crippen LogP contribution in [0.1, 0.15) is 0 Å². The van der Waals surface area contributed by atoms with E-state index >= 15 is 0 Å². The molecule has 0 spiro atoms. The summed E-state index contributed by atoms with van der Waals surface area (Å²) in [6.45, 7) is 0. The van der Waals surface area contributed by atoms with Gasteiger partial charge in [0.1, 0.15) is 0 Å². The summed E-state index contributed by atoms with van der Waals surface area (Å²) in [4.78, 5) is 9.95. The number of benzene rings is 6. The minimum Gasteiger partial charge on any atom is -0.244 e. The molecular weight excluding hydrogens is 364 g/mol. The number of nitrogens with zero attached hydrogens (tertiary/aromatic N) is 2. The van der Waals surface area contributed by atoms with Crippen LogP contribution in [0.2, 0.25) is 0 Å². The normalized spacial score (nSPS) is 12.0. The van der Waals surface area contributed by atoms with Crippen molar-refractivity contribution in [3.8, 4) is 0 Å². The Hall–Kier alpha value is -4.04. The first kappa shape index (κ1) is 15.8. The van der Waals surface area contributed by atoms with Crippen LogP contribution in [-0.2, 0) is 0 Å². The molecule has 0 aliphatic heterocycles. The van der Waals surface area contributed by atoms with Gasteiger partial charge >= 0.3 is 0 Å². The molecule has 7 aromatic rings. The van der Waals surface area contributed by atoms with Crippen LogP contribution in [0.25, 0.3) is 65.2 Å². The first-order valence-corrected chi connectivity index (χ1v) is 10.2. The lowest BCUT2D eigenvalue weighted by molar-refractivity contribution is 1.41. The second-order valence-corrected chi connectivity index (χ2v) is 8.00. The van der Waals surface area contributed by atoms with Crippen molar-refractivity contribution in [3.63, 3.8) is 0 Å². The minimum atomic E-state index is 0.936. The van der Waals surface area contributed by atoms with Gasteiger partial charge < -0.3 is 0 Å². The van der Waals surface area contributed by atoms with Gasteiger partial charge in [0.25, 0.3) is 0 Å². The zero-order valence-electron chi connectivity index (χ0n) is 16.1. The first-order chi connectivity index (χ1) is 14.8. The molecule has 6 aromatic carbocycles. The van der Waals surface area contributed by atoms with E-state index in [1.54, 1.807) is 0 Å². The first-order valence-electron chi connectivity index (χ1n) is 10.2. The largest absolute Gasteiger partial charge is 0.244 e. The van der Waals surface area contributed by atoms with Crippen LogP contribution in [0.15, 0.2) is 97.1 Å².